The minimum Gasteiger partial charge on any atom is -0.121 e. The predicted octanol–water partition coefficient (Wildman–Crippen LogP) is 4.11. The van der Waals surface area contributed by atoms with Gasteiger partial charge in [-0.1, -0.05) is 51.3 Å². The molecule has 1 aliphatic rings. The third-order valence-corrected chi connectivity index (χ3v) is 5.07. The Hall–Kier alpha value is -1.35. The van der Waals surface area contributed by atoms with Crippen LogP contribution in [0, 0.1) is 0 Å². The maximum Gasteiger partial charge on any atom is -0.0178 e. The van der Waals surface area contributed by atoms with Gasteiger partial charge in [-0.2, -0.15) is 0 Å². The summed E-state index contributed by atoms with van der Waals surface area (Å²) in [6.45, 7) is 4.59. The van der Waals surface area contributed by atoms with E-state index in [1.165, 1.54) is 22.6 Å². The first-order valence-electron chi connectivity index (χ1n) is 5.92. The van der Waals surface area contributed by atoms with Crippen LogP contribution in [-0.4, -0.2) is 12.8 Å². The lowest BCUT2D eigenvalue weighted by Gasteiger charge is -2.10. The highest BCUT2D eigenvalue weighted by molar-refractivity contribution is 7.64. The summed E-state index contributed by atoms with van der Waals surface area (Å²) in [5, 5.41) is 1.48. The maximum atomic E-state index is 3.08. The van der Waals surface area contributed by atoms with Crippen LogP contribution in [0.2, 0.25) is 0 Å². The molecule has 0 aromatic heterocycles. The molecule has 0 radical (unpaired) electrons. The van der Waals surface area contributed by atoms with E-state index in [-0.39, 0.29) is 7.92 Å². The molecule has 0 heterocycles. The number of hydrogen-bond acceptors (Lipinski definition) is 0. The van der Waals surface area contributed by atoms with Crippen LogP contribution in [0.5, 0.6) is 0 Å². The summed E-state index contributed by atoms with van der Waals surface area (Å²) in [5.74, 6) is 0. The topological polar surface area (TPSA) is 0 Å². The molecule has 1 atom stereocenters. The van der Waals surface area contributed by atoms with Gasteiger partial charge in [0.25, 0.3) is 0 Å². The molecule has 0 nitrogen and oxygen atoms in total. The van der Waals surface area contributed by atoms with E-state index in [1.54, 1.807) is 0 Å². The summed E-state index contributed by atoms with van der Waals surface area (Å²) in [5.41, 5.74) is 5.60. The molecule has 1 aromatic rings. The van der Waals surface area contributed by atoms with Gasteiger partial charge in [-0.15, -0.1) is 5.73 Å². The Morgan fingerprint density at radius 2 is 1.88 bits per heavy atom. The lowest BCUT2D eigenvalue weighted by atomic mass is 10.1. The molecule has 0 spiro atoms. The van der Waals surface area contributed by atoms with Crippen molar-refractivity contribution < 1.29 is 0 Å². The third kappa shape index (κ3) is 3.07. The molecule has 1 aliphatic carbocycles. The van der Waals surface area contributed by atoms with Crippen LogP contribution in [0.1, 0.15) is 12.5 Å². The quantitative estimate of drug-likeness (QED) is 0.551. The zero-order chi connectivity index (χ0) is 12.1. The Morgan fingerprint density at radius 1 is 1.12 bits per heavy atom. The van der Waals surface area contributed by atoms with E-state index in [0.717, 1.165) is 0 Å². The fourth-order valence-electron chi connectivity index (χ4n) is 1.74. The molecule has 0 fully saturated rings. The third-order valence-electron chi connectivity index (χ3n) is 2.94. The van der Waals surface area contributed by atoms with Crippen molar-refractivity contribution in [2.75, 3.05) is 12.8 Å². The molecule has 1 heteroatoms. The van der Waals surface area contributed by atoms with Crippen molar-refractivity contribution in [3.8, 4) is 0 Å². The first-order valence-corrected chi connectivity index (χ1v) is 7.89. The maximum absolute atomic E-state index is 3.08. The molecule has 1 unspecified atom stereocenters. The van der Waals surface area contributed by atoms with Crippen LogP contribution >= 0.6 is 7.92 Å². The normalized spacial score (nSPS) is 15.5. The van der Waals surface area contributed by atoms with Gasteiger partial charge in [-0.05, 0) is 47.5 Å². The van der Waals surface area contributed by atoms with Gasteiger partial charge in [0.1, 0.15) is 0 Å². The van der Waals surface area contributed by atoms with Gasteiger partial charge in [-0.3, -0.25) is 0 Å². The van der Waals surface area contributed by atoms with Crippen LogP contribution in [0.4, 0.5) is 0 Å². The molecular weight excluding hydrogens is 223 g/mol. The first kappa shape index (κ1) is 12.1. The second kappa shape index (κ2) is 5.82. The van der Waals surface area contributed by atoms with E-state index in [4.69, 9.17) is 0 Å². The van der Waals surface area contributed by atoms with Crippen molar-refractivity contribution in [2.24, 2.45) is 0 Å². The molecule has 2 rings (SSSR count). The van der Waals surface area contributed by atoms with E-state index < -0.39 is 0 Å². The van der Waals surface area contributed by atoms with Crippen LogP contribution in [-0.2, 0) is 0 Å². The largest absolute Gasteiger partial charge is 0.121 e. The fourth-order valence-corrected chi connectivity index (χ4v) is 2.76. The van der Waals surface area contributed by atoms with Crippen LogP contribution in [0.25, 0.3) is 5.57 Å². The number of benzene rings is 1. The van der Waals surface area contributed by atoms with Crippen LogP contribution in [0.3, 0.4) is 0 Å². The number of hydrogen-bond donors (Lipinski definition) is 0. The second-order valence-electron chi connectivity index (χ2n) is 4.04. The summed E-state index contributed by atoms with van der Waals surface area (Å²) >= 11 is 0. The molecule has 0 N–H and O–H groups in total. The molecule has 1 aromatic carbocycles. The summed E-state index contributed by atoms with van der Waals surface area (Å²) in [4.78, 5) is 0. The lowest BCUT2D eigenvalue weighted by Crippen LogP contribution is -2.00. The molecule has 0 saturated heterocycles. The lowest BCUT2D eigenvalue weighted by molar-refractivity contribution is 1.50. The summed E-state index contributed by atoms with van der Waals surface area (Å²) in [6, 6.07) is 8.97. The van der Waals surface area contributed by atoms with E-state index in [1.807, 2.05) is 18.2 Å². The molecule has 17 heavy (non-hydrogen) atoms. The van der Waals surface area contributed by atoms with Crippen LogP contribution in [0.15, 0.2) is 60.4 Å². The monoisotopic (exact) mass is 240 g/mol. The van der Waals surface area contributed by atoms with Crippen molar-refractivity contribution in [2.45, 2.75) is 6.92 Å². The van der Waals surface area contributed by atoms with Gasteiger partial charge in [0.15, 0.2) is 0 Å². The minimum absolute atomic E-state index is 0.0277. The highest BCUT2D eigenvalue weighted by Crippen LogP contribution is 2.29. The van der Waals surface area contributed by atoms with E-state index in [9.17, 15) is 0 Å². The van der Waals surface area contributed by atoms with Crippen molar-refractivity contribution in [3.05, 3.63) is 65.9 Å². The van der Waals surface area contributed by atoms with Crippen molar-refractivity contribution in [3.63, 3.8) is 0 Å². The number of allylic oxidation sites excluding steroid dienone is 5. The summed E-state index contributed by atoms with van der Waals surface area (Å²) < 4.78 is 0. The average Bonchev–Trinajstić information content (AvgIpc) is 2.67. The molecule has 86 valence electrons. The Kier molecular flexibility index (Phi) is 4.15. The van der Waals surface area contributed by atoms with Crippen molar-refractivity contribution >= 4 is 18.8 Å². The van der Waals surface area contributed by atoms with Crippen molar-refractivity contribution in [1.82, 2.24) is 0 Å². The SMILES string of the molecule is CCP(C)c1ccc(C2=CC=C=CC=C2)cc1. The van der Waals surface area contributed by atoms with E-state index in [0.29, 0.717) is 0 Å². The molecular formula is C16H17P. The molecule has 0 bridgehead atoms. The number of rotatable bonds is 3. The van der Waals surface area contributed by atoms with Crippen molar-refractivity contribution in [1.29, 1.82) is 0 Å². The first-order chi connectivity index (χ1) is 8.31. The van der Waals surface area contributed by atoms with Gasteiger partial charge < -0.3 is 0 Å². The Bertz CT molecular complexity index is 497. The van der Waals surface area contributed by atoms with Gasteiger partial charge >= 0.3 is 0 Å². The van der Waals surface area contributed by atoms with E-state index in [2.05, 4.69) is 55.7 Å². The van der Waals surface area contributed by atoms with Gasteiger partial charge in [-0.25, -0.2) is 0 Å². The zero-order valence-corrected chi connectivity index (χ0v) is 11.2. The van der Waals surface area contributed by atoms with Gasteiger partial charge in [0.2, 0.25) is 0 Å². The minimum atomic E-state index is 0.0277. The van der Waals surface area contributed by atoms with Gasteiger partial charge in [0.05, 0.1) is 0 Å². The molecule has 0 saturated carbocycles. The Morgan fingerprint density at radius 3 is 2.59 bits per heavy atom. The molecule has 0 amide bonds. The zero-order valence-electron chi connectivity index (χ0n) is 10.4. The van der Waals surface area contributed by atoms with E-state index >= 15 is 0 Å². The molecule has 0 aliphatic heterocycles. The second-order valence-corrected chi connectivity index (χ2v) is 6.59. The predicted molar refractivity (Wildman–Crippen MR) is 79.2 cm³/mol. The van der Waals surface area contributed by atoms with Gasteiger partial charge in [0, 0.05) is 0 Å². The fraction of sp³-hybridized carbons (Fsp3) is 0.188. The summed E-state index contributed by atoms with van der Waals surface area (Å²) in [6.07, 6.45) is 11.4. The van der Waals surface area contributed by atoms with Crippen LogP contribution < -0.4 is 5.30 Å². The average molecular weight is 240 g/mol. The Labute approximate surface area is 105 Å². The smallest absolute Gasteiger partial charge is 0.0178 e. The summed E-state index contributed by atoms with van der Waals surface area (Å²) in [7, 11) is 0.0277. The highest BCUT2D eigenvalue weighted by atomic mass is 31.1. The highest BCUT2D eigenvalue weighted by Gasteiger charge is 2.03. The standard InChI is InChI=1S/C16H17P/c1-3-17(2)16-12-10-15(11-13-16)14-8-6-4-5-7-9-14/h4,6-13H,3H2,1-2H3. The Balaban J connectivity index is 2.24.